The number of carboxylic acids is 1. The van der Waals surface area contributed by atoms with Gasteiger partial charge in [-0.15, -0.1) is 0 Å². The van der Waals surface area contributed by atoms with Crippen molar-refractivity contribution in [2.24, 2.45) is 5.92 Å². The van der Waals surface area contributed by atoms with Crippen molar-refractivity contribution in [1.29, 1.82) is 0 Å². The molecule has 0 atom stereocenters. The normalized spacial score (nSPS) is 19.2. The minimum atomic E-state index is -0.710. The fourth-order valence-electron chi connectivity index (χ4n) is 4.06. The molecule has 2 aromatic heterocycles. The first-order chi connectivity index (χ1) is 14.0. The lowest BCUT2D eigenvalue weighted by atomic mass is 9.80. The number of aromatic nitrogens is 3. The van der Waals surface area contributed by atoms with E-state index in [0.29, 0.717) is 35.8 Å². The number of nitrogen functional groups attached to an aromatic ring is 1. The number of ether oxygens (including phenoxy) is 2. The molecular weight excluding hydrogens is 372 g/mol. The van der Waals surface area contributed by atoms with Crippen molar-refractivity contribution in [2.75, 3.05) is 20.0 Å². The number of fused-ring (bicyclic) bond motifs is 1. The Hall–Kier alpha value is -3.29. The summed E-state index contributed by atoms with van der Waals surface area (Å²) in [5.74, 6) is 1.02. The Balaban J connectivity index is 1.72. The van der Waals surface area contributed by atoms with Crippen LogP contribution in [0.2, 0.25) is 0 Å². The molecule has 8 heteroatoms. The van der Waals surface area contributed by atoms with Crippen molar-refractivity contribution in [3.63, 3.8) is 0 Å². The van der Waals surface area contributed by atoms with Gasteiger partial charge in [0.1, 0.15) is 5.82 Å². The molecule has 2 heterocycles. The highest BCUT2D eigenvalue weighted by molar-refractivity contribution is 5.79. The third-order valence-corrected chi connectivity index (χ3v) is 5.71. The molecule has 0 spiro atoms. The predicted octanol–water partition coefficient (Wildman–Crippen LogP) is 3.35. The largest absolute Gasteiger partial charge is 0.493 e. The zero-order chi connectivity index (χ0) is 20.5. The smallest absolute Gasteiger partial charge is 0.306 e. The number of carboxylic acid groups (broad SMARTS) is 1. The number of aliphatic carboxylic acids is 1. The lowest BCUT2D eigenvalue weighted by Crippen LogP contribution is -2.21. The van der Waals surface area contributed by atoms with Gasteiger partial charge in [0.15, 0.2) is 17.1 Å². The number of hydrogen-bond donors (Lipinski definition) is 2. The Bertz CT molecular complexity index is 1050. The van der Waals surface area contributed by atoms with E-state index < -0.39 is 5.97 Å². The van der Waals surface area contributed by atoms with Crippen LogP contribution in [0, 0.1) is 5.92 Å². The highest BCUT2D eigenvalue weighted by atomic mass is 16.5. The van der Waals surface area contributed by atoms with Gasteiger partial charge in [-0.1, -0.05) is 6.07 Å². The maximum atomic E-state index is 11.2. The summed E-state index contributed by atoms with van der Waals surface area (Å²) < 4.78 is 12.4. The van der Waals surface area contributed by atoms with Gasteiger partial charge in [-0.05, 0) is 43.4 Å². The highest BCUT2D eigenvalue weighted by Gasteiger charge is 2.28. The van der Waals surface area contributed by atoms with E-state index in [1.165, 1.54) is 0 Å². The molecule has 1 saturated carbocycles. The van der Waals surface area contributed by atoms with E-state index in [9.17, 15) is 9.90 Å². The monoisotopic (exact) mass is 396 g/mol. The molecule has 0 amide bonds. The molecular formula is C21H24N4O4. The lowest BCUT2D eigenvalue weighted by Gasteiger charge is -2.25. The fourth-order valence-corrected chi connectivity index (χ4v) is 4.06. The number of benzene rings is 1. The summed E-state index contributed by atoms with van der Waals surface area (Å²) in [5.41, 5.74) is 9.56. The molecule has 0 saturated heterocycles. The van der Waals surface area contributed by atoms with Crippen LogP contribution in [0.15, 0.2) is 30.5 Å². The number of nitrogens with two attached hydrogens (primary N) is 1. The third-order valence-electron chi connectivity index (χ3n) is 5.71. The molecule has 152 valence electrons. The summed E-state index contributed by atoms with van der Waals surface area (Å²) in [7, 11) is 3.19. The fraction of sp³-hybridized carbons (Fsp3) is 0.381. The van der Waals surface area contributed by atoms with Gasteiger partial charge < -0.3 is 20.3 Å². The van der Waals surface area contributed by atoms with Gasteiger partial charge >= 0.3 is 5.97 Å². The minimum absolute atomic E-state index is 0.200. The molecule has 4 rings (SSSR count). The van der Waals surface area contributed by atoms with Crippen molar-refractivity contribution < 1.29 is 19.4 Å². The van der Waals surface area contributed by atoms with Gasteiger partial charge in [0, 0.05) is 23.2 Å². The van der Waals surface area contributed by atoms with Crippen LogP contribution in [0.25, 0.3) is 16.8 Å². The summed E-state index contributed by atoms with van der Waals surface area (Å²) in [6, 6.07) is 7.52. The zero-order valence-corrected chi connectivity index (χ0v) is 16.5. The molecule has 0 bridgehead atoms. The topological polar surface area (TPSA) is 112 Å². The summed E-state index contributed by atoms with van der Waals surface area (Å²) in [5, 5.41) is 13.6. The van der Waals surface area contributed by atoms with Gasteiger partial charge in [0.05, 0.1) is 26.3 Å². The zero-order valence-electron chi connectivity index (χ0n) is 16.5. The maximum Gasteiger partial charge on any atom is 0.306 e. The first-order valence-corrected chi connectivity index (χ1v) is 9.61. The van der Waals surface area contributed by atoms with Crippen LogP contribution in [0.5, 0.6) is 11.5 Å². The van der Waals surface area contributed by atoms with Crippen molar-refractivity contribution >= 4 is 17.4 Å². The van der Waals surface area contributed by atoms with E-state index in [0.717, 1.165) is 29.7 Å². The average molecular weight is 396 g/mol. The first-order valence-electron chi connectivity index (χ1n) is 9.61. The SMILES string of the molecule is COc1ccc(-c2cnn3c(N)cc(C4CCC(C(=O)O)CC4)nc23)cc1OC. The standard InChI is InChI=1S/C21H24N4O4/c1-28-17-8-7-14(9-18(17)29-2)15-11-23-25-19(22)10-16(24-20(15)25)12-3-5-13(6-4-12)21(26)27/h7-13H,3-6,22H2,1-2H3,(H,26,27). The molecule has 3 N–H and O–H groups in total. The molecule has 3 aromatic rings. The van der Waals surface area contributed by atoms with Crippen LogP contribution < -0.4 is 15.2 Å². The Labute approximate surface area is 168 Å². The summed E-state index contributed by atoms with van der Waals surface area (Å²) in [4.78, 5) is 16.1. The first kappa shape index (κ1) is 19.0. The van der Waals surface area contributed by atoms with Gasteiger partial charge in [-0.2, -0.15) is 9.61 Å². The molecule has 1 aromatic carbocycles. The molecule has 0 aliphatic heterocycles. The molecule has 0 unspecified atom stereocenters. The van der Waals surface area contributed by atoms with E-state index in [2.05, 4.69) is 5.10 Å². The third kappa shape index (κ3) is 3.46. The molecule has 1 fully saturated rings. The van der Waals surface area contributed by atoms with Crippen molar-refractivity contribution in [3.05, 3.63) is 36.2 Å². The molecule has 0 radical (unpaired) electrons. The number of nitrogens with zero attached hydrogens (tertiary/aromatic N) is 3. The minimum Gasteiger partial charge on any atom is -0.493 e. The van der Waals surface area contributed by atoms with E-state index >= 15 is 0 Å². The molecule has 8 nitrogen and oxygen atoms in total. The summed E-state index contributed by atoms with van der Waals surface area (Å²) >= 11 is 0. The van der Waals surface area contributed by atoms with Crippen LogP contribution in [0.4, 0.5) is 5.82 Å². The summed E-state index contributed by atoms with van der Waals surface area (Å²) in [6.45, 7) is 0. The van der Waals surface area contributed by atoms with Gasteiger partial charge in [-0.3, -0.25) is 4.79 Å². The van der Waals surface area contributed by atoms with Gasteiger partial charge in [0.25, 0.3) is 0 Å². The maximum absolute atomic E-state index is 11.2. The molecule has 1 aliphatic rings. The second-order valence-corrected chi connectivity index (χ2v) is 7.36. The van der Waals surface area contributed by atoms with Crippen molar-refractivity contribution in [1.82, 2.24) is 14.6 Å². The average Bonchev–Trinajstić information content (AvgIpc) is 3.18. The number of methoxy groups -OCH3 is 2. The van der Waals surface area contributed by atoms with Crippen LogP contribution in [0.1, 0.15) is 37.3 Å². The number of anilines is 1. The van der Waals surface area contributed by atoms with E-state index in [1.54, 1.807) is 24.9 Å². The predicted molar refractivity (Wildman–Crippen MR) is 108 cm³/mol. The highest BCUT2D eigenvalue weighted by Crippen LogP contribution is 2.38. The van der Waals surface area contributed by atoms with E-state index in [4.69, 9.17) is 20.2 Å². The van der Waals surface area contributed by atoms with Crippen LogP contribution in [0.3, 0.4) is 0 Å². The summed E-state index contributed by atoms with van der Waals surface area (Å²) in [6.07, 6.45) is 4.65. The van der Waals surface area contributed by atoms with Crippen molar-refractivity contribution in [3.8, 4) is 22.6 Å². The van der Waals surface area contributed by atoms with Gasteiger partial charge in [0.2, 0.25) is 0 Å². The Morgan fingerprint density at radius 1 is 1.14 bits per heavy atom. The van der Waals surface area contributed by atoms with Crippen LogP contribution in [-0.4, -0.2) is 39.9 Å². The quantitative estimate of drug-likeness (QED) is 0.680. The Morgan fingerprint density at radius 3 is 2.52 bits per heavy atom. The second-order valence-electron chi connectivity index (χ2n) is 7.36. The second kappa shape index (κ2) is 7.62. The Kier molecular flexibility index (Phi) is 5.00. The number of carbonyl (C=O) groups is 1. The van der Waals surface area contributed by atoms with E-state index in [-0.39, 0.29) is 11.8 Å². The van der Waals surface area contributed by atoms with Gasteiger partial charge in [-0.25, -0.2) is 4.98 Å². The number of hydrogen-bond acceptors (Lipinski definition) is 6. The van der Waals surface area contributed by atoms with E-state index in [1.807, 2.05) is 24.3 Å². The number of rotatable bonds is 5. The van der Waals surface area contributed by atoms with Crippen LogP contribution in [-0.2, 0) is 4.79 Å². The van der Waals surface area contributed by atoms with Crippen molar-refractivity contribution in [2.45, 2.75) is 31.6 Å². The lowest BCUT2D eigenvalue weighted by molar-refractivity contribution is -0.142. The molecule has 1 aliphatic carbocycles. The molecule has 29 heavy (non-hydrogen) atoms. The Morgan fingerprint density at radius 2 is 1.86 bits per heavy atom. The van der Waals surface area contributed by atoms with Crippen LogP contribution >= 0.6 is 0 Å².